The van der Waals surface area contributed by atoms with Gasteiger partial charge in [-0.15, -0.1) is 11.3 Å². The first-order chi connectivity index (χ1) is 10.1. The van der Waals surface area contributed by atoms with E-state index in [2.05, 4.69) is 11.4 Å². The molecule has 0 radical (unpaired) electrons. The average molecular weight is 317 g/mol. The number of nitrogens with one attached hydrogen (secondary N) is 1. The van der Waals surface area contributed by atoms with Gasteiger partial charge in [-0.1, -0.05) is 17.7 Å². The summed E-state index contributed by atoms with van der Waals surface area (Å²) in [6.45, 7) is 1.92. The van der Waals surface area contributed by atoms with E-state index in [0.717, 1.165) is 30.4 Å². The largest absolute Gasteiger partial charge is 0.312 e. The van der Waals surface area contributed by atoms with E-state index in [9.17, 15) is 10.1 Å². The van der Waals surface area contributed by atoms with Crippen molar-refractivity contribution in [2.75, 3.05) is 5.32 Å². The fraction of sp³-hybridized carbons (Fsp3) is 0.250. The molecule has 1 heterocycles. The summed E-state index contributed by atoms with van der Waals surface area (Å²) in [4.78, 5) is 13.6. The number of thiophene rings is 1. The van der Waals surface area contributed by atoms with Crippen molar-refractivity contribution in [1.82, 2.24) is 0 Å². The number of nitriles is 1. The Hall–Kier alpha value is -1.83. The molecule has 0 aliphatic heterocycles. The van der Waals surface area contributed by atoms with E-state index >= 15 is 0 Å². The number of carbonyl (C=O) groups excluding carboxylic acids is 1. The minimum atomic E-state index is -0.267. The molecule has 3 rings (SSSR count). The predicted molar refractivity (Wildman–Crippen MR) is 85.2 cm³/mol. The quantitative estimate of drug-likeness (QED) is 0.897. The molecule has 106 valence electrons. The highest BCUT2D eigenvalue weighted by atomic mass is 35.5. The highest BCUT2D eigenvalue weighted by Gasteiger charge is 2.23. The zero-order valence-corrected chi connectivity index (χ0v) is 13.1. The van der Waals surface area contributed by atoms with E-state index in [-0.39, 0.29) is 5.91 Å². The van der Waals surface area contributed by atoms with Crippen LogP contribution in [0.4, 0.5) is 5.00 Å². The molecular weight excluding hydrogens is 304 g/mol. The number of fused-ring (bicyclic) bond motifs is 1. The van der Waals surface area contributed by atoms with Crippen LogP contribution in [-0.2, 0) is 12.8 Å². The zero-order valence-electron chi connectivity index (χ0n) is 11.5. The van der Waals surface area contributed by atoms with Gasteiger partial charge in [-0.25, -0.2) is 0 Å². The summed E-state index contributed by atoms with van der Waals surface area (Å²) in [5, 5.41) is 13.2. The third-order valence-electron chi connectivity index (χ3n) is 3.63. The predicted octanol–water partition coefficient (Wildman–Crippen LogP) is 4.32. The summed E-state index contributed by atoms with van der Waals surface area (Å²) in [5.74, 6) is -0.267. The van der Waals surface area contributed by atoms with E-state index in [4.69, 9.17) is 11.6 Å². The van der Waals surface area contributed by atoms with Gasteiger partial charge in [-0.05, 0) is 49.4 Å². The first kappa shape index (κ1) is 14.1. The number of amides is 1. The summed E-state index contributed by atoms with van der Waals surface area (Å²) in [6.07, 6.45) is 3.01. The number of halogens is 1. The zero-order chi connectivity index (χ0) is 15.0. The monoisotopic (exact) mass is 316 g/mol. The molecule has 1 aromatic carbocycles. The van der Waals surface area contributed by atoms with Gasteiger partial charge in [0.2, 0.25) is 0 Å². The summed E-state index contributed by atoms with van der Waals surface area (Å²) >= 11 is 7.62. The maximum atomic E-state index is 12.3. The molecule has 1 N–H and O–H groups in total. The second-order valence-corrected chi connectivity index (χ2v) is 6.62. The second kappa shape index (κ2) is 5.51. The van der Waals surface area contributed by atoms with Crippen LogP contribution in [0, 0.1) is 18.3 Å². The van der Waals surface area contributed by atoms with Gasteiger partial charge < -0.3 is 5.32 Å². The Bertz CT molecular complexity index is 773. The summed E-state index contributed by atoms with van der Waals surface area (Å²) in [5.41, 5.74) is 3.15. The van der Waals surface area contributed by atoms with Gasteiger partial charge in [0.25, 0.3) is 5.91 Å². The number of hydrogen-bond acceptors (Lipinski definition) is 3. The maximum absolute atomic E-state index is 12.3. The molecule has 0 unspecified atom stereocenters. The average Bonchev–Trinajstić information content (AvgIpc) is 2.98. The number of rotatable bonds is 2. The molecule has 5 heteroatoms. The molecule has 1 aliphatic rings. The molecule has 1 amide bonds. The van der Waals surface area contributed by atoms with Crippen LogP contribution in [0.2, 0.25) is 5.02 Å². The molecular formula is C16H13ClN2OS. The molecule has 0 spiro atoms. The van der Waals surface area contributed by atoms with Crippen LogP contribution < -0.4 is 5.32 Å². The van der Waals surface area contributed by atoms with Crippen LogP contribution in [-0.4, -0.2) is 5.91 Å². The van der Waals surface area contributed by atoms with E-state index in [1.165, 1.54) is 16.2 Å². The van der Waals surface area contributed by atoms with Gasteiger partial charge >= 0.3 is 0 Å². The normalized spacial score (nSPS) is 12.8. The van der Waals surface area contributed by atoms with E-state index in [1.807, 2.05) is 13.0 Å². The van der Waals surface area contributed by atoms with Crippen LogP contribution in [0.25, 0.3) is 0 Å². The van der Waals surface area contributed by atoms with Crippen molar-refractivity contribution in [3.8, 4) is 6.07 Å². The number of anilines is 1. The summed E-state index contributed by atoms with van der Waals surface area (Å²) in [6, 6.07) is 7.54. The molecule has 2 aromatic rings. The Kier molecular flexibility index (Phi) is 3.71. The highest BCUT2D eigenvalue weighted by molar-refractivity contribution is 7.16. The van der Waals surface area contributed by atoms with Crippen molar-refractivity contribution in [3.63, 3.8) is 0 Å². The van der Waals surface area contributed by atoms with Crippen LogP contribution in [0.1, 0.15) is 38.3 Å². The number of aryl methyl sites for hydroxylation is 2. The van der Waals surface area contributed by atoms with E-state index < -0.39 is 0 Å². The van der Waals surface area contributed by atoms with Crippen LogP contribution in [0.3, 0.4) is 0 Å². The van der Waals surface area contributed by atoms with E-state index in [0.29, 0.717) is 21.2 Å². The third kappa shape index (κ3) is 2.55. The lowest BCUT2D eigenvalue weighted by molar-refractivity contribution is 0.102. The van der Waals surface area contributed by atoms with Crippen molar-refractivity contribution in [2.45, 2.75) is 26.2 Å². The van der Waals surface area contributed by atoms with Crippen molar-refractivity contribution < 1.29 is 4.79 Å². The van der Waals surface area contributed by atoms with Gasteiger partial charge in [0.1, 0.15) is 11.1 Å². The number of carbonyl (C=O) groups is 1. The third-order valence-corrected chi connectivity index (χ3v) is 5.15. The number of hydrogen-bond donors (Lipinski definition) is 1. The first-order valence-corrected chi connectivity index (χ1v) is 7.91. The molecule has 0 saturated carbocycles. The van der Waals surface area contributed by atoms with Crippen molar-refractivity contribution >= 4 is 33.8 Å². The molecule has 0 atom stereocenters. The molecule has 1 aromatic heterocycles. The van der Waals surface area contributed by atoms with Gasteiger partial charge in [0.05, 0.1) is 16.1 Å². The van der Waals surface area contributed by atoms with Gasteiger partial charge in [-0.3, -0.25) is 4.79 Å². The fourth-order valence-corrected chi connectivity index (χ4v) is 4.14. The standard InChI is InChI=1S/C16H13ClN2OS/c1-9-5-6-11(13(17)7-9)15(20)19-16-12(8-18)10-3-2-4-14(10)21-16/h5-7H,2-4H2,1H3,(H,19,20). The fourth-order valence-electron chi connectivity index (χ4n) is 2.59. The van der Waals surface area contributed by atoms with Gasteiger partial charge in [-0.2, -0.15) is 5.26 Å². The van der Waals surface area contributed by atoms with Gasteiger partial charge in [0, 0.05) is 4.88 Å². The number of nitrogens with zero attached hydrogens (tertiary/aromatic N) is 1. The van der Waals surface area contributed by atoms with E-state index in [1.54, 1.807) is 12.1 Å². The minimum Gasteiger partial charge on any atom is -0.312 e. The van der Waals surface area contributed by atoms with Crippen molar-refractivity contribution in [2.24, 2.45) is 0 Å². The molecule has 0 fully saturated rings. The Balaban J connectivity index is 1.91. The Morgan fingerprint density at radius 3 is 2.95 bits per heavy atom. The lowest BCUT2D eigenvalue weighted by atomic mass is 10.1. The van der Waals surface area contributed by atoms with Crippen LogP contribution >= 0.6 is 22.9 Å². The molecule has 0 bridgehead atoms. The lowest BCUT2D eigenvalue weighted by Gasteiger charge is -2.06. The summed E-state index contributed by atoms with van der Waals surface area (Å²) < 4.78 is 0. The smallest absolute Gasteiger partial charge is 0.257 e. The van der Waals surface area contributed by atoms with Crippen molar-refractivity contribution in [1.29, 1.82) is 5.26 Å². The molecule has 21 heavy (non-hydrogen) atoms. The first-order valence-electron chi connectivity index (χ1n) is 6.72. The van der Waals surface area contributed by atoms with Crippen LogP contribution in [0.5, 0.6) is 0 Å². The number of benzene rings is 1. The lowest BCUT2D eigenvalue weighted by Crippen LogP contribution is -2.12. The molecule has 0 saturated heterocycles. The Labute approximate surface area is 132 Å². The minimum absolute atomic E-state index is 0.267. The summed E-state index contributed by atoms with van der Waals surface area (Å²) in [7, 11) is 0. The molecule has 3 nitrogen and oxygen atoms in total. The maximum Gasteiger partial charge on any atom is 0.257 e. The Morgan fingerprint density at radius 1 is 1.43 bits per heavy atom. The van der Waals surface area contributed by atoms with Gasteiger partial charge in [0.15, 0.2) is 0 Å². The topological polar surface area (TPSA) is 52.9 Å². The Morgan fingerprint density at radius 2 is 2.24 bits per heavy atom. The van der Waals surface area contributed by atoms with Crippen LogP contribution in [0.15, 0.2) is 18.2 Å². The second-order valence-electron chi connectivity index (χ2n) is 5.11. The van der Waals surface area contributed by atoms with Crippen molar-refractivity contribution in [3.05, 3.63) is 50.4 Å². The SMILES string of the molecule is Cc1ccc(C(=O)Nc2sc3c(c2C#N)CCC3)c(Cl)c1. The highest BCUT2D eigenvalue weighted by Crippen LogP contribution is 2.38. The molecule has 1 aliphatic carbocycles.